The van der Waals surface area contributed by atoms with Gasteiger partial charge in [0.25, 0.3) is 0 Å². The van der Waals surface area contributed by atoms with Crippen LogP contribution in [0.5, 0.6) is 0 Å². The number of aromatic nitrogens is 2. The van der Waals surface area contributed by atoms with Crippen molar-refractivity contribution in [3.05, 3.63) is 82.8 Å². The number of fused-ring (bicyclic) bond motifs is 3. The molecule has 0 radical (unpaired) electrons. The first-order valence-electron chi connectivity index (χ1n) is 12.0. The average Bonchev–Trinajstić information content (AvgIpc) is 3.71. The molecule has 0 fully saturated rings. The second kappa shape index (κ2) is 8.91. The van der Waals surface area contributed by atoms with Gasteiger partial charge in [-0.2, -0.15) is 0 Å². The Morgan fingerprint density at radius 3 is 1.29 bits per heavy atom. The molecular weight excluding hydrogens is 581 g/mol. The normalized spacial score (nSPS) is 11.9. The van der Waals surface area contributed by atoms with E-state index in [9.17, 15) is 0 Å². The van der Waals surface area contributed by atoms with E-state index in [0.717, 1.165) is 10.0 Å². The summed E-state index contributed by atoms with van der Waals surface area (Å²) in [6.07, 6.45) is 3.92. The first kappa shape index (κ1) is 23.2. The summed E-state index contributed by atoms with van der Waals surface area (Å²) in [6, 6.07) is 23.0. The van der Waals surface area contributed by atoms with Crippen LogP contribution in [0.15, 0.2) is 73.1 Å². The minimum absolute atomic E-state index is 1.11. The molecule has 0 saturated heterocycles. The van der Waals surface area contributed by atoms with Crippen molar-refractivity contribution < 1.29 is 0 Å². The Morgan fingerprint density at radius 2 is 0.868 bits per heavy atom. The summed E-state index contributed by atoms with van der Waals surface area (Å²) in [5, 5.41) is 7.46. The first-order valence-corrected chi connectivity index (χ1v) is 16.9. The van der Waals surface area contributed by atoms with E-state index in [-0.39, 0.29) is 0 Å². The molecule has 0 amide bonds. The molecule has 8 heteroatoms. The Bertz CT molecular complexity index is 1910. The number of rotatable bonds is 4. The summed E-state index contributed by atoms with van der Waals surface area (Å²) in [5.74, 6) is 0. The lowest BCUT2D eigenvalue weighted by molar-refractivity contribution is 1.39. The van der Waals surface area contributed by atoms with Gasteiger partial charge < -0.3 is 0 Å². The monoisotopic (exact) mass is 598 g/mol. The van der Waals surface area contributed by atoms with Crippen LogP contribution in [0, 0.1) is 13.8 Å². The highest BCUT2D eigenvalue weighted by molar-refractivity contribution is 7.29. The van der Waals surface area contributed by atoms with Crippen LogP contribution in [0.3, 0.4) is 0 Å². The lowest BCUT2D eigenvalue weighted by atomic mass is 10.1. The average molecular weight is 599 g/mol. The van der Waals surface area contributed by atoms with Gasteiger partial charge in [0.2, 0.25) is 0 Å². The second-order valence-electron chi connectivity index (χ2n) is 9.23. The van der Waals surface area contributed by atoms with Crippen molar-refractivity contribution in [1.29, 1.82) is 0 Å². The van der Waals surface area contributed by atoms with Gasteiger partial charge in [-0.15, -0.1) is 68.0 Å². The van der Waals surface area contributed by atoms with Crippen molar-refractivity contribution in [2.24, 2.45) is 0 Å². The Labute approximate surface area is 243 Å². The predicted molar refractivity (Wildman–Crippen MR) is 173 cm³/mol. The van der Waals surface area contributed by atoms with Crippen molar-refractivity contribution in [1.82, 2.24) is 9.97 Å². The van der Waals surface area contributed by atoms with Gasteiger partial charge in [0.05, 0.1) is 9.75 Å². The van der Waals surface area contributed by atoms with Crippen molar-refractivity contribution >= 4 is 99.0 Å². The third-order valence-corrected chi connectivity index (χ3v) is 13.4. The molecule has 6 aromatic heterocycles. The van der Waals surface area contributed by atoms with Crippen LogP contribution in [0.2, 0.25) is 0 Å². The number of benzene rings is 2. The maximum Gasteiger partial charge on any atom is 0.133 e. The number of thiazole rings is 2. The highest BCUT2D eigenvalue weighted by atomic mass is 32.1. The van der Waals surface area contributed by atoms with E-state index in [4.69, 9.17) is 0 Å². The van der Waals surface area contributed by atoms with Gasteiger partial charge in [-0.3, -0.25) is 0 Å². The number of hydrogen-bond donors (Lipinski definition) is 0. The molecule has 0 saturated carbocycles. The lowest BCUT2D eigenvalue weighted by Crippen LogP contribution is -1.72. The maximum absolute atomic E-state index is 4.57. The number of nitrogens with zero attached hydrogens (tertiary/aromatic N) is 2. The van der Waals surface area contributed by atoms with Gasteiger partial charge in [-0.05, 0) is 96.1 Å². The molecule has 0 bridgehead atoms. The molecule has 2 nitrogen and oxygen atoms in total. The van der Waals surface area contributed by atoms with Crippen LogP contribution in [0.25, 0.3) is 70.2 Å². The van der Waals surface area contributed by atoms with E-state index < -0.39 is 0 Å². The summed E-state index contributed by atoms with van der Waals surface area (Å²) in [6.45, 7) is 4.22. The van der Waals surface area contributed by atoms with Crippen LogP contribution >= 0.6 is 68.0 Å². The quantitative estimate of drug-likeness (QED) is 0.201. The van der Waals surface area contributed by atoms with Crippen LogP contribution in [0.1, 0.15) is 9.75 Å². The molecule has 0 spiro atoms. The molecule has 0 N–H and O–H groups in total. The Kier molecular flexibility index (Phi) is 5.44. The fraction of sp³-hybridized carbons (Fsp3) is 0.0667. The van der Waals surface area contributed by atoms with E-state index in [1.807, 2.05) is 57.7 Å². The minimum atomic E-state index is 1.11. The lowest BCUT2D eigenvalue weighted by Gasteiger charge is -1.99. The summed E-state index contributed by atoms with van der Waals surface area (Å²) in [7, 11) is 0. The molecule has 6 heterocycles. The van der Waals surface area contributed by atoms with E-state index in [2.05, 4.69) is 84.5 Å². The topological polar surface area (TPSA) is 25.8 Å². The van der Waals surface area contributed by atoms with Gasteiger partial charge in [-0.1, -0.05) is 0 Å². The molecule has 8 rings (SSSR count). The van der Waals surface area contributed by atoms with Gasteiger partial charge in [0.1, 0.15) is 10.0 Å². The molecule has 2 aromatic carbocycles. The molecule has 0 unspecified atom stereocenters. The van der Waals surface area contributed by atoms with Gasteiger partial charge in [0, 0.05) is 51.1 Å². The Hall–Kier alpha value is -2.72. The number of hydrogen-bond acceptors (Lipinski definition) is 8. The van der Waals surface area contributed by atoms with Crippen molar-refractivity contribution in [3.63, 3.8) is 0 Å². The molecule has 0 aliphatic heterocycles. The van der Waals surface area contributed by atoms with Crippen LogP contribution < -0.4 is 0 Å². The zero-order chi connectivity index (χ0) is 25.4. The van der Waals surface area contributed by atoms with E-state index in [1.54, 1.807) is 22.7 Å². The third-order valence-electron chi connectivity index (χ3n) is 6.47. The minimum Gasteiger partial charge on any atom is -0.243 e. The largest absolute Gasteiger partial charge is 0.243 e. The molecule has 0 atom stereocenters. The van der Waals surface area contributed by atoms with Gasteiger partial charge >= 0.3 is 0 Å². The van der Waals surface area contributed by atoms with E-state index in [0.29, 0.717) is 0 Å². The highest BCUT2D eigenvalue weighted by Crippen LogP contribution is 2.44. The SMILES string of the molecule is Cc1cnc(-c2ccc(-c3cc4cc5cc6sc(-c7ccc(-c8ncc(C)s8)s7)cc6cc5cc4s3)s2)s1. The van der Waals surface area contributed by atoms with Crippen LogP contribution in [-0.4, -0.2) is 9.97 Å². The van der Waals surface area contributed by atoms with Crippen molar-refractivity contribution in [2.75, 3.05) is 0 Å². The van der Waals surface area contributed by atoms with Gasteiger partial charge in [0.15, 0.2) is 0 Å². The molecule has 184 valence electrons. The molecule has 0 aliphatic rings. The summed E-state index contributed by atoms with van der Waals surface area (Å²) in [5.41, 5.74) is 0. The van der Waals surface area contributed by atoms with E-state index in [1.165, 1.54) is 70.0 Å². The second-order valence-corrected chi connectivity index (χ2v) is 16.0. The molecule has 8 aromatic rings. The fourth-order valence-electron chi connectivity index (χ4n) is 4.67. The van der Waals surface area contributed by atoms with Crippen molar-refractivity contribution in [3.8, 4) is 39.3 Å². The Morgan fingerprint density at radius 1 is 0.421 bits per heavy atom. The van der Waals surface area contributed by atoms with E-state index >= 15 is 0 Å². The number of aryl methyl sites for hydroxylation is 2. The molecule has 0 aliphatic carbocycles. The third kappa shape index (κ3) is 3.99. The zero-order valence-corrected chi connectivity index (χ0v) is 25.2. The van der Waals surface area contributed by atoms with Gasteiger partial charge in [-0.25, -0.2) is 9.97 Å². The Balaban J connectivity index is 1.15. The number of thiophene rings is 4. The van der Waals surface area contributed by atoms with Crippen LogP contribution in [-0.2, 0) is 0 Å². The molecular formula is C30H18N2S6. The summed E-state index contributed by atoms with van der Waals surface area (Å²) in [4.78, 5) is 19.4. The summed E-state index contributed by atoms with van der Waals surface area (Å²) >= 11 is 11.0. The summed E-state index contributed by atoms with van der Waals surface area (Å²) < 4.78 is 2.67. The standard InChI is InChI=1S/C30H18N2S6/c1-15-13-31-29(33-15)23-5-3-21(35-23)27-11-19-7-17-10-26-20(8-18(17)9-25(19)37-27)12-28(38-26)22-4-6-24(36-22)30-32-14-16(2)34-30/h3-14H,1-2H3. The molecule has 38 heavy (non-hydrogen) atoms. The smallest absolute Gasteiger partial charge is 0.133 e. The van der Waals surface area contributed by atoms with Crippen molar-refractivity contribution in [2.45, 2.75) is 13.8 Å². The zero-order valence-electron chi connectivity index (χ0n) is 20.3. The predicted octanol–water partition coefficient (Wildman–Crippen LogP) is 11.6. The maximum atomic E-state index is 4.57. The van der Waals surface area contributed by atoms with Crippen LogP contribution in [0.4, 0.5) is 0 Å². The highest BCUT2D eigenvalue weighted by Gasteiger charge is 2.14. The fourth-order valence-corrected chi connectivity index (χ4v) is 10.7. The first-order chi connectivity index (χ1) is 18.6.